The molecule has 1 aliphatic rings. The first-order valence-corrected chi connectivity index (χ1v) is 5.33. The van der Waals surface area contributed by atoms with E-state index in [-0.39, 0.29) is 5.78 Å². The Bertz CT molecular complexity index is 217. The van der Waals surface area contributed by atoms with Crippen molar-refractivity contribution in [1.82, 2.24) is 10.2 Å². The first-order chi connectivity index (χ1) is 6.68. The summed E-state index contributed by atoms with van der Waals surface area (Å²) in [6.45, 7) is 8.00. The van der Waals surface area contributed by atoms with Crippen LogP contribution in [0.15, 0.2) is 11.8 Å². The fraction of sp³-hybridized carbons (Fsp3) is 0.727. The van der Waals surface area contributed by atoms with Crippen molar-refractivity contribution < 1.29 is 4.79 Å². The zero-order chi connectivity index (χ0) is 10.4. The lowest BCUT2D eigenvalue weighted by molar-refractivity contribution is -0.112. The van der Waals surface area contributed by atoms with Crippen LogP contribution in [0.5, 0.6) is 0 Å². The van der Waals surface area contributed by atoms with E-state index in [1.54, 1.807) is 13.0 Å². The van der Waals surface area contributed by atoms with E-state index in [1.807, 2.05) is 6.92 Å². The minimum atomic E-state index is 0.108. The second-order valence-electron chi connectivity index (χ2n) is 3.91. The SMILES string of the molecule is CC(=O)C=C(C)NCCN1CCCC1. The van der Waals surface area contributed by atoms with Gasteiger partial charge in [-0.3, -0.25) is 4.79 Å². The van der Waals surface area contributed by atoms with Gasteiger partial charge in [0.25, 0.3) is 0 Å². The number of rotatable bonds is 5. The maximum absolute atomic E-state index is 10.7. The molecule has 0 saturated carbocycles. The Hall–Kier alpha value is -0.830. The molecule has 0 aliphatic carbocycles. The van der Waals surface area contributed by atoms with Crippen molar-refractivity contribution in [2.45, 2.75) is 26.7 Å². The van der Waals surface area contributed by atoms with E-state index in [4.69, 9.17) is 0 Å². The van der Waals surface area contributed by atoms with E-state index in [2.05, 4.69) is 10.2 Å². The van der Waals surface area contributed by atoms with Crippen LogP contribution in [0.25, 0.3) is 0 Å². The van der Waals surface area contributed by atoms with Crippen LogP contribution < -0.4 is 5.32 Å². The first-order valence-electron chi connectivity index (χ1n) is 5.33. The van der Waals surface area contributed by atoms with Gasteiger partial charge in [-0.15, -0.1) is 0 Å². The van der Waals surface area contributed by atoms with Gasteiger partial charge in [0.15, 0.2) is 5.78 Å². The normalized spacial score (nSPS) is 18.6. The monoisotopic (exact) mass is 196 g/mol. The average Bonchev–Trinajstić information content (AvgIpc) is 2.55. The van der Waals surface area contributed by atoms with Crippen LogP contribution in [0, 0.1) is 0 Å². The number of allylic oxidation sites excluding steroid dienone is 2. The second-order valence-corrected chi connectivity index (χ2v) is 3.91. The van der Waals surface area contributed by atoms with Crippen LogP contribution in [-0.2, 0) is 4.79 Å². The summed E-state index contributed by atoms with van der Waals surface area (Å²) in [6.07, 6.45) is 4.31. The molecule has 0 radical (unpaired) electrons. The minimum absolute atomic E-state index is 0.108. The molecular formula is C11H20N2O. The quantitative estimate of drug-likeness (QED) is 0.670. The highest BCUT2D eigenvalue weighted by Crippen LogP contribution is 2.05. The molecule has 3 nitrogen and oxygen atoms in total. The van der Waals surface area contributed by atoms with Crippen LogP contribution in [0.4, 0.5) is 0 Å². The maximum atomic E-state index is 10.7. The van der Waals surface area contributed by atoms with E-state index in [0.717, 1.165) is 18.8 Å². The Labute approximate surface area is 86.2 Å². The maximum Gasteiger partial charge on any atom is 0.154 e. The lowest BCUT2D eigenvalue weighted by atomic mass is 10.3. The molecule has 1 aliphatic heterocycles. The number of likely N-dealkylation sites (tertiary alicyclic amines) is 1. The summed E-state index contributed by atoms with van der Waals surface area (Å²) in [5.41, 5.74) is 0.969. The van der Waals surface area contributed by atoms with Crippen molar-refractivity contribution in [1.29, 1.82) is 0 Å². The van der Waals surface area contributed by atoms with Crippen molar-refractivity contribution in [3.63, 3.8) is 0 Å². The molecule has 80 valence electrons. The third kappa shape index (κ3) is 4.42. The van der Waals surface area contributed by atoms with Gasteiger partial charge < -0.3 is 10.2 Å². The predicted octanol–water partition coefficient (Wildman–Crippen LogP) is 1.16. The van der Waals surface area contributed by atoms with Crippen LogP contribution >= 0.6 is 0 Å². The molecule has 1 saturated heterocycles. The van der Waals surface area contributed by atoms with Crippen molar-refractivity contribution in [2.75, 3.05) is 26.2 Å². The molecule has 0 unspecified atom stereocenters. The standard InChI is InChI=1S/C11H20N2O/c1-10(9-11(2)14)12-5-8-13-6-3-4-7-13/h9,12H,3-8H2,1-2H3. The predicted molar refractivity (Wildman–Crippen MR) is 58.1 cm³/mol. The molecule has 14 heavy (non-hydrogen) atoms. The summed E-state index contributed by atoms with van der Waals surface area (Å²) in [5.74, 6) is 0.108. The van der Waals surface area contributed by atoms with E-state index >= 15 is 0 Å². The van der Waals surface area contributed by atoms with E-state index in [1.165, 1.54) is 25.9 Å². The smallest absolute Gasteiger partial charge is 0.154 e. The van der Waals surface area contributed by atoms with Crippen molar-refractivity contribution in [3.8, 4) is 0 Å². The number of hydrogen-bond donors (Lipinski definition) is 1. The van der Waals surface area contributed by atoms with Gasteiger partial charge in [-0.1, -0.05) is 0 Å². The van der Waals surface area contributed by atoms with Gasteiger partial charge in [0.05, 0.1) is 0 Å². The van der Waals surface area contributed by atoms with Gasteiger partial charge in [0, 0.05) is 18.8 Å². The second kappa shape index (κ2) is 5.81. The molecule has 1 N–H and O–H groups in total. The molecule has 1 fully saturated rings. The van der Waals surface area contributed by atoms with E-state index < -0.39 is 0 Å². The van der Waals surface area contributed by atoms with Gasteiger partial charge in [0.2, 0.25) is 0 Å². The van der Waals surface area contributed by atoms with Crippen molar-refractivity contribution in [2.24, 2.45) is 0 Å². The molecule has 1 heterocycles. The molecule has 0 bridgehead atoms. The molecule has 0 amide bonds. The zero-order valence-electron chi connectivity index (χ0n) is 9.18. The van der Waals surface area contributed by atoms with E-state index in [9.17, 15) is 4.79 Å². The Balaban J connectivity index is 2.11. The van der Waals surface area contributed by atoms with Gasteiger partial charge in [0.1, 0.15) is 0 Å². The minimum Gasteiger partial charge on any atom is -0.387 e. The third-order valence-corrected chi connectivity index (χ3v) is 2.45. The Kier molecular flexibility index (Phi) is 4.66. The van der Waals surface area contributed by atoms with Gasteiger partial charge in [-0.05, 0) is 45.9 Å². The summed E-state index contributed by atoms with van der Waals surface area (Å²) in [6, 6.07) is 0. The van der Waals surface area contributed by atoms with Crippen molar-refractivity contribution in [3.05, 3.63) is 11.8 Å². The highest BCUT2D eigenvalue weighted by molar-refractivity contribution is 5.87. The van der Waals surface area contributed by atoms with Crippen LogP contribution in [0.2, 0.25) is 0 Å². The molecular weight excluding hydrogens is 176 g/mol. The summed E-state index contributed by atoms with van der Waals surface area (Å²) < 4.78 is 0. The van der Waals surface area contributed by atoms with Crippen LogP contribution in [0.3, 0.4) is 0 Å². The molecule has 0 aromatic heterocycles. The van der Waals surface area contributed by atoms with Gasteiger partial charge in [-0.2, -0.15) is 0 Å². The largest absolute Gasteiger partial charge is 0.387 e. The summed E-state index contributed by atoms with van der Waals surface area (Å²) >= 11 is 0. The Morgan fingerprint density at radius 3 is 2.57 bits per heavy atom. The first kappa shape index (κ1) is 11.2. The lowest BCUT2D eigenvalue weighted by Gasteiger charge is -2.15. The number of ketones is 1. The van der Waals surface area contributed by atoms with Crippen LogP contribution in [-0.4, -0.2) is 36.9 Å². The molecule has 3 heteroatoms. The summed E-state index contributed by atoms with van der Waals surface area (Å²) in [7, 11) is 0. The van der Waals surface area contributed by atoms with E-state index in [0.29, 0.717) is 0 Å². The fourth-order valence-corrected chi connectivity index (χ4v) is 1.77. The van der Waals surface area contributed by atoms with Crippen molar-refractivity contribution >= 4 is 5.78 Å². The highest BCUT2D eigenvalue weighted by atomic mass is 16.1. The average molecular weight is 196 g/mol. The van der Waals surface area contributed by atoms with Crippen LogP contribution in [0.1, 0.15) is 26.7 Å². The number of nitrogens with one attached hydrogen (secondary N) is 1. The Morgan fingerprint density at radius 2 is 2.00 bits per heavy atom. The Morgan fingerprint density at radius 1 is 1.36 bits per heavy atom. The van der Waals surface area contributed by atoms with Gasteiger partial charge >= 0.3 is 0 Å². The number of carbonyl (C=O) groups is 1. The number of hydrogen-bond acceptors (Lipinski definition) is 3. The molecule has 0 aromatic carbocycles. The summed E-state index contributed by atoms with van der Waals surface area (Å²) in [4.78, 5) is 13.2. The molecule has 0 atom stereocenters. The number of carbonyl (C=O) groups excluding carboxylic acids is 1. The highest BCUT2D eigenvalue weighted by Gasteiger charge is 2.09. The van der Waals surface area contributed by atoms with Gasteiger partial charge in [-0.25, -0.2) is 0 Å². The molecule has 0 spiro atoms. The molecule has 0 aromatic rings. The topological polar surface area (TPSA) is 32.3 Å². The fourth-order valence-electron chi connectivity index (χ4n) is 1.77. The summed E-state index contributed by atoms with van der Waals surface area (Å²) in [5, 5.41) is 3.24. The number of nitrogens with zero attached hydrogens (tertiary/aromatic N) is 1. The zero-order valence-corrected chi connectivity index (χ0v) is 9.18. The lowest BCUT2D eigenvalue weighted by Crippen LogP contribution is -2.29. The third-order valence-electron chi connectivity index (χ3n) is 2.45. The molecule has 1 rings (SSSR count).